The first-order valence-electron chi connectivity index (χ1n) is 13.6. The average Bonchev–Trinajstić information content (AvgIpc) is 3.65. The molecule has 1 amide bonds. The fourth-order valence-electron chi connectivity index (χ4n) is 6.04. The molecule has 3 fully saturated rings. The van der Waals surface area contributed by atoms with Crippen molar-refractivity contribution in [3.8, 4) is 5.75 Å². The van der Waals surface area contributed by atoms with Gasteiger partial charge in [-0.2, -0.15) is 13.2 Å². The quantitative estimate of drug-likeness (QED) is 0.420. The van der Waals surface area contributed by atoms with Gasteiger partial charge in [-0.25, -0.2) is 9.97 Å². The summed E-state index contributed by atoms with van der Waals surface area (Å²) in [7, 11) is 0. The van der Waals surface area contributed by atoms with Gasteiger partial charge >= 0.3 is 6.18 Å². The van der Waals surface area contributed by atoms with E-state index in [9.17, 15) is 18.0 Å². The molecule has 0 aliphatic carbocycles. The van der Waals surface area contributed by atoms with Crippen LogP contribution in [-0.4, -0.2) is 90.9 Å². The van der Waals surface area contributed by atoms with Crippen molar-refractivity contribution >= 4 is 33.3 Å². The van der Waals surface area contributed by atoms with E-state index in [1.807, 2.05) is 24.3 Å². The van der Waals surface area contributed by atoms with E-state index in [2.05, 4.69) is 19.8 Å². The van der Waals surface area contributed by atoms with Gasteiger partial charge in [0, 0.05) is 49.6 Å². The first-order valence-corrected chi connectivity index (χ1v) is 14.4. The van der Waals surface area contributed by atoms with Gasteiger partial charge in [-0.1, -0.05) is 12.1 Å². The Morgan fingerprint density at radius 3 is 2.60 bits per heavy atom. The highest BCUT2D eigenvalue weighted by molar-refractivity contribution is 7.18. The number of carbonyl (C=O) groups excluding carboxylic acids is 1. The maximum Gasteiger partial charge on any atom is 0.393 e. The zero-order valence-corrected chi connectivity index (χ0v) is 23.0. The average molecular weight is 576 g/mol. The predicted molar refractivity (Wildman–Crippen MR) is 146 cm³/mol. The molecule has 3 aromatic rings. The molecule has 12 heteroatoms. The van der Waals surface area contributed by atoms with E-state index in [-0.39, 0.29) is 22.8 Å². The molecule has 5 heterocycles. The van der Waals surface area contributed by atoms with Crippen molar-refractivity contribution in [2.45, 2.75) is 32.0 Å². The molecule has 3 aliphatic rings. The maximum absolute atomic E-state index is 12.9. The van der Waals surface area contributed by atoms with Crippen molar-refractivity contribution in [3.63, 3.8) is 0 Å². The summed E-state index contributed by atoms with van der Waals surface area (Å²) in [5.74, 6) is 1.40. The fraction of sp³-hybridized carbons (Fsp3) is 0.536. The van der Waals surface area contributed by atoms with Crippen molar-refractivity contribution < 1.29 is 27.4 Å². The minimum Gasteiger partial charge on any atom is -0.484 e. The summed E-state index contributed by atoms with van der Waals surface area (Å²) in [6, 6.07) is 9.54. The van der Waals surface area contributed by atoms with Crippen molar-refractivity contribution in [1.29, 1.82) is 0 Å². The second-order valence-corrected chi connectivity index (χ2v) is 12.1. The molecule has 0 radical (unpaired) electrons. The van der Waals surface area contributed by atoms with Crippen LogP contribution in [0.1, 0.15) is 23.3 Å². The summed E-state index contributed by atoms with van der Waals surface area (Å²) in [4.78, 5) is 28.4. The molecule has 8 nitrogen and oxygen atoms in total. The van der Waals surface area contributed by atoms with Crippen LogP contribution in [0, 0.1) is 5.41 Å². The van der Waals surface area contributed by atoms with E-state index in [1.54, 1.807) is 11.0 Å². The number of alkyl halides is 3. The fourth-order valence-corrected chi connectivity index (χ4v) is 7.06. The first kappa shape index (κ1) is 27.2. The van der Waals surface area contributed by atoms with Crippen LogP contribution in [0.4, 0.5) is 19.0 Å². The first-order chi connectivity index (χ1) is 19.3. The Balaban J connectivity index is 1.03. The van der Waals surface area contributed by atoms with Gasteiger partial charge in [0.15, 0.2) is 6.61 Å². The Morgan fingerprint density at radius 1 is 1.05 bits per heavy atom. The van der Waals surface area contributed by atoms with Gasteiger partial charge in [0.05, 0.1) is 25.0 Å². The molecule has 3 saturated heterocycles. The third-order valence-electron chi connectivity index (χ3n) is 8.04. The van der Waals surface area contributed by atoms with Crippen LogP contribution in [0.2, 0.25) is 0 Å². The number of hydrogen-bond acceptors (Lipinski definition) is 8. The molecule has 1 spiro atoms. The third kappa shape index (κ3) is 6.18. The zero-order chi connectivity index (χ0) is 27.7. The van der Waals surface area contributed by atoms with Crippen LogP contribution < -0.4 is 9.64 Å². The number of fused-ring (bicyclic) bond motifs is 1. The van der Waals surface area contributed by atoms with Gasteiger partial charge in [-0.3, -0.25) is 9.69 Å². The molecule has 1 atom stereocenters. The standard InChI is InChI=1S/C28H32F3N5O3S/c29-28(30,31)14-22-13-23-25(32-19-33-26(23)40-22)36-8-6-27(18-36)5-7-34(17-27)15-20-1-3-21(4-2-20)39-16-24(37)35-9-11-38-12-10-35/h1-4,13,19H,5-12,14-18H2. The van der Waals surface area contributed by atoms with Crippen molar-refractivity contribution in [3.05, 3.63) is 47.1 Å². The van der Waals surface area contributed by atoms with Gasteiger partial charge in [-0.15, -0.1) is 11.3 Å². The third-order valence-corrected chi connectivity index (χ3v) is 9.09. The van der Waals surface area contributed by atoms with Crippen LogP contribution in [0.15, 0.2) is 36.7 Å². The van der Waals surface area contributed by atoms with Gasteiger partial charge < -0.3 is 19.3 Å². The van der Waals surface area contributed by atoms with Crippen LogP contribution >= 0.6 is 11.3 Å². The summed E-state index contributed by atoms with van der Waals surface area (Å²) < 4.78 is 49.8. The zero-order valence-electron chi connectivity index (χ0n) is 22.2. The van der Waals surface area contributed by atoms with Gasteiger partial charge in [0.1, 0.15) is 22.7 Å². The topological polar surface area (TPSA) is 71.0 Å². The second kappa shape index (κ2) is 11.1. The minimum absolute atomic E-state index is 0.0243. The molecule has 214 valence electrons. The molecular weight excluding hydrogens is 543 g/mol. The van der Waals surface area contributed by atoms with Gasteiger partial charge in [-0.05, 0) is 43.1 Å². The molecule has 1 aromatic carbocycles. The lowest BCUT2D eigenvalue weighted by molar-refractivity contribution is -0.137. The molecule has 6 rings (SSSR count). The van der Waals surface area contributed by atoms with Crippen molar-refractivity contribution in [1.82, 2.24) is 19.8 Å². The van der Waals surface area contributed by atoms with Gasteiger partial charge in [0.2, 0.25) is 0 Å². The monoisotopic (exact) mass is 575 g/mol. The van der Waals surface area contributed by atoms with E-state index in [0.29, 0.717) is 42.3 Å². The number of anilines is 1. The number of halogens is 3. The summed E-state index contributed by atoms with van der Waals surface area (Å²) >= 11 is 1.10. The lowest BCUT2D eigenvalue weighted by Gasteiger charge is -2.26. The number of carbonyl (C=O) groups is 1. The SMILES string of the molecule is O=C(COc1ccc(CN2CCC3(CCN(c4ncnc5sc(CC(F)(F)F)cc45)C3)C2)cc1)N1CCOCC1. The number of hydrogen-bond donors (Lipinski definition) is 0. The number of likely N-dealkylation sites (tertiary alicyclic amines) is 1. The largest absolute Gasteiger partial charge is 0.484 e. The smallest absolute Gasteiger partial charge is 0.393 e. The van der Waals surface area contributed by atoms with Crippen LogP contribution in [0.3, 0.4) is 0 Å². The van der Waals surface area contributed by atoms with E-state index < -0.39 is 12.6 Å². The minimum atomic E-state index is -4.24. The number of benzene rings is 1. The van der Waals surface area contributed by atoms with Crippen LogP contribution in [0.5, 0.6) is 5.75 Å². The number of morpholine rings is 1. The number of nitrogens with zero attached hydrogens (tertiary/aromatic N) is 5. The van der Waals surface area contributed by atoms with Crippen molar-refractivity contribution in [2.24, 2.45) is 5.41 Å². The summed E-state index contributed by atoms with van der Waals surface area (Å²) in [5, 5.41) is 0.715. The molecule has 2 aromatic heterocycles. The Hall–Kier alpha value is -2.96. The highest BCUT2D eigenvalue weighted by Gasteiger charge is 2.44. The van der Waals surface area contributed by atoms with E-state index in [1.165, 1.54) is 11.9 Å². The number of rotatable bonds is 7. The second-order valence-electron chi connectivity index (χ2n) is 11.0. The van der Waals surface area contributed by atoms with Gasteiger partial charge in [0.25, 0.3) is 5.91 Å². The molecule has 3 aliphatic heterocycles. The highest BCUT2D eigenvalue weighted by atomic mass is 32.1. The molecule has 40 heavy (non-hydrogen) atoms. The molecule has 1 unspecified atom stereocenters. The number of aromatic nitrogens is 2. The lowest BCUT2D eigenvalue weighted by atomic mass is 9.86. The Labute approximate surface area is 234 Å². The molecule has 0 saturated carbocycles. The van der Waals surface area contributed by atoms with Crippen molar-refractivity contribution in [2.75, 3.05) is 64.0 Å². The van der Waals surface area contributed by atoms with Crippen LogP contribution in [-0.2, 0) is 22.5 Å². The van der Waals surface area contributed by atoms with E-state index >= 15 is 0 Å². The Bertz CT molecular complexity index is 1350. The normalized spacial score (nSPS) is 22.1. The Kier molecular flexibility index (Phi) is 7.58. The number of amides is 1. The molecule has 0 bridgehead atoms. The highest BCUT2D eigenvalue weighted by Crippen LogP contribution is 2.43. The molecule has 0 N–H and O–H groups in total. The number of ether oxygens (including phenoxy) is 2. The summed E-state index contributed by atoms with van der Waals surface area (Å²) in [6.45, 7) is 6.84. The molecular formula is C28H32F3N5O3S. The lowest BCUT2D eigenvalue weighted by Crippen LogP contribution is -2.42. The number of thiophene rings is 1. The maximum atomic E-state index is 12.9. The van der Waals surface area contributed by atoms with E-state index in [4.69, 9.17) is 9.47 Å². The Morgan fingerprint density at radius 2 is 1.82 bits per heavy atom. The van der Waals surface area contributed by atoms with Crippen LogP contribution in [0.25, 0.3) is 10.2 Å². The summed E-state index contributed by atoms with van der Waals surface area (Å²) in [6.07, 6.45) is -1.62. The predicted octanol–water partition coefficient (Wildman–Crippen LogP) is 4.14. The summed E-state index contributed by atoms with van der Waals surface area (Å²) in [5.41, 5.74) is 1.33. The van der Waals surface area contributed by atoms with E-state index in [0.717, 1.165) is 62.7 Å².